The van der Waals surface area contributed by atoms with Gasteiger partial charge in [-0.25, -0.2) is 5.43 Å². The van der Waals surface area contributed by atoms with E-state index in [9.17, 15) is 4.79 Å². The predicted molar refractivity (Wildman–Crippen MR) is 132 cm³/mol. The van der Waals surface area contributed by atoms with Crippen LogP contribution in [0.5, 0.6) is 0 Å². The van der Waals surface area contributed by atoms with Crippen LogP contribution >= 0.6 is 0 Å². The Morgan fingerprint density at radius 3 is 2.58 bits per heavy atom. The maximum Gasteiger partial charge on any atom is 0.259 e. The second-order valence-electron chi connectivity index (χ2n) is 8.86. The fraction of sp³-hybridized carbons (Fsp3) is 0.385. The number of rotatable bonds is 7. The van der Waals surface area contributed by atoms with E-state index in [1.54, 1.807) is 6.21 Å². The molecule has 0 aromatic heterocycles. The lowest BCUT2D eigenvalue weighted by Gasteiger charge is -2.43. The van der Waals surface area contributed by atoms with E-state index >= 15 is 0 Å². The van der Waals surface area contributed by atoms with Gasteiger partial charge in [0.05, 0.1) is 18.3 Å². The first-order valence-corrected chi connectivity index (χ1v) is 11.0. The van der Waals surface area contributed by atoms with Crippen molar-refractivity contribution in [3.05, 3.63) is 64.7 Å². The quantitative estimate of drug-likeness (QED) is 0.475. The van der Waals surface area contributed by atoms with Gasteiger partial charge in [-0.1, -0.05) is 25.1 Å². The van der Waals surface area contributed by atoms with Gasteiger partial charge in [0, 0.05) is 23.5 Å². The zero-order chi connectivity index (χ0) is 22.6. The number of nitrogens with zero attached hydrogens (tertiary/aromatic N) is 2. The smallest absolute Gasteiger partial charge is 0.259 e. The minimum Gasteiger partial charge on any atom is -0.376 e. The summed E-state index contributed by atoms with van der Waals surface area (Å²) >= 11 is 0. The van der Waals surface area contributed by atoms with Crippen molar-refractivity contribution >= 4 is 29.1 Å². The summed E-state index contributed by atoms with van der Waals surface area (Å²) in [4.78, 5) is 14.6. The Morgan fingerprint density at radius 1 is 1.10 bits per heavy atom. The molecule has 1 heterocycles. The molecular weight excluding hydrogens is 384 g/mol. The summed E-state index contributed by atoms with van der Waals surface area (Å²) in [5.74, 6) is -0.181. The molecule has 0 atom stereocenters. The fourth-order valence-electron chi connectivity index (χ4n) is 4.07. The highest BCUT2D eigenvalue weighted by Gasteiger charge is 2.30. The number of carbonyl (C=O) groups is 1. The number of aryl methyl sites for hydroxylation is 2. The van der Waals surface area contributed by atoms with Crippen molar-refractivity contribution in [2.75, 3.05) is 23.3 Å². The van der Waals surface area contributed by atoms with Crippen molar-refractivity contribution in [3.63, 3.8) is 0 Å². The molecule has 1 aliphatic heterocycles. The van der Waals surface area contributed by atoms with Crippen LogP contribution in [-0.2, 0) is 4.79 Å². The number of carbonyl (C=O) groups excluding carboxylic acids is 1. The van der Waals surface area contributed by atoms with Gasteiger partial charge in [-0.15, -0.1) is 0 Å². The Hall–Kier alpha value is -3.08. The molecule has 3 rings (SSSR count). The minimum absolute atomic E-state index is 0.000333. The molecule has 164 valence electrons. The molecular formula is C26H34N4O. The van der Waals surface area contributed by atoms with Gasteiger partial charge in [0.25, 0.3) is 5.91 Å². The number of hydrogen-bond donors (Lipinski definition) is 2. The minimum atomic E-state index is -0.181. The van der Waals surface area contributed by atoms with Gasteiger partial charge in [-0.05, 0) is 87.6 Å². The van der Waals surface area contributed by atoms with Crippen molar-refractivity contribution in [2.24, 2.45) is 5.10 Å². The fourth-order valence-corrected chi connectivity index (χ4v) is 4.07. The summed E-state index contributed by atoms with van der Waals surface area (Å²) in [5, 5.41) is 7.28. The molecule has 0 aliphatic carbocycles. The maximum absolute atomic E-state index is 12.1. The average molecular weight is 419 g/mol. The number of allylic oxidation sites excluding steroid dienone is 1. The van der Waals surface area contributed by atoms with Gasteiger partial charge < -0.3 is 10.2 Å². The third kappa shape index (κ3) is 5.35. The topological polar surface area (TPSA) is 56.7 Å². The van der Waals surface area contributed by atoms with E-state index in [0.29, 0.717) is 0 Å². The van der Waals surface area contributed by atoms with Gasteiger partial charge in [0.1, 0.15) is 0 Å². The molecule has 0 saturated heterocycles. The molecule has 0 spiro atoms. The van der Waals surface area contributed by atoms with Gasteiger partial charge >= 0.3 is 0 Å². The number of amides is 1. The first-order chi connectivity index (χ1) is 14.7. The number of anilines is 2. The van der Waals surface area contributed by atoms with Crippen LogP contribution in [0.15, 0.2) is 47.6 Å². The Balaban J connectivity index is 1.63. The second-order valence-corrected chi connectivity index (χ2v) is 8.86. The molecule has 0 unspecified atom stereocenters. The second kappa shape index (κ2) is 9.38. The molecule has 5 nitrogen and oxygen atoms in total. The lowest BCUT2D eigenvalue weighted by atomic mass is 9.88. The van der Waals surface area contributed by atoms with E-state index in [0.717, 1.165) is 24.2 Å². The molecule has 0 saturated carbocycles. The number of hydrazone groups is 1. The van der Waals surface area contributed by atoms with Gasteiger partial charge in [0.15, 0.2) is 0 Å². The number of hydrogen-bond acceptors (Lipinski definition) is 4. The van der Waals surface area contributed by atoms with Crippen LogP contribution < -0.4 is 15.6 Å². The highest BCUT2D eigenvalue weighted by molar-refractivity contribution is 5.89. The van der Waals surface area contributed by atoms with Crippen molar-refractivity contribution in [3.8, 4) is 0 Å². The zero-order valence-electron chi connectivity index (χ0n) is 19.5. The predicted octanol–water partition coefficient (Wildman–Crippen LogP) is 5.28. The highest BCUT2D eigenvalue weighted by Crippen LogP contribution is 2.39. The maximum atomic E-state index is 12.1. The Labute approximate surface area is 186 Å². The SMILES string of the molecule is CCCN1c2ccc(/C=N\NC(=O)CNc3ccc(C)c(C)c3)cc2C(C)=CC1(C)C. The van der Waals surface area contributed by atoms with E-state index in [1.807, 2.05) is 18.2 Å². The Kier molecular flexibility index (Phi) is 6.84. The lowest BCUT2D eigenvalue weighted by Crippen LogP contribution is -2.45. The number of fused-ring (bicyclic) bond motifs is 1. The summed E-state index contributed by atoms with van der Waals surface area (Å²) in [7, 11) is 0. The molecule has 31 heavy (non-hydrogen) atoms. The van der Waals surface area contributed by atoms with Crippen molar-refractivity contribution in [1.82, 2.24) is 5.43 Å². The monoisotopic (exact) mass is 418 g/mol. The van der Waals surface area contributed by atoms with E-state index in [1.165, 1.54) is 28.0 Å². The van der Waals surface area contributed by atoms with Crippen molar-refractivity contribution in [1.29, 1.82) is 0 Å². The van der Waals surface area contributed by atoms with Crippen molar-refractivity contribution < 1.29 is 4.79 Å². The number of nitrogens with one attached hydrogen (secondary N) is 2. The summed E-state index contributed by atoms with van der Waals surface area (Å²) in [6.45, 7) is 14.2. The molecule has 1 amide bonds. The highest BCUT2D eigenvalue weighted by atomic mass is 16.2. The molecule has 0 fully saturated rings. The first kappa shape index (κ1) is 22.6. The van der Waals surface area contributed by atoms with Crippen LogP contribution in [0.25, 0.3) is 5.57 Å². The van der Waals surface area contributed by atoms with Crippen molar-refractivity contribution in [2.45, 2.75) is 53.5 Å². The summed E-state index contributed by atoms with van der Waals surface area (Å²) in [6, 6.07) is 12.4. The third-order valence-electron chi connectivity index (χ3n) is 5.81. The third-order valence-corrected chi connectivity index (χ3v) is 5.81. The van der Waals surface area contributed by atoms with E-state index < -0.39 is 0 Å². The summed E-state index contributed by atoms with van der Waals surface area (Å²) < 4.78 is 0. The van der Waals surface area contributed by atoms with Crippen LogP contribution in [0.2, 0.25) is 0 Å². The van der Waals surface area contributed by atoms with E-state index in [4.69, 9.17) is 0 Å². The Bertz CT molecular complexity index is 1020. The van der Waals surface area contributed by atoms with Gasteiger partial charge in [-0.2, -0.15) is 5.10 Å². The van der Waals surface area contributed by atoms with Crippen LogP contribution in [0.4, 0.5) is 11.4 Å². The largest absolute Gasteiger partial charge is 0.376 e. The van der Waals surface area contributed by atoms with Gasteiger partial charge in [-0.3, -0.25) is 4.79 Å². The molecule has 0 radical (unpaired) electrons. The number of benzene rings is 2. The summed E-state index contributed by atoms with van der Waals surface area (Å²) in [6.07, 6.45) is 5.12. The molecule has 0 bridgehead atoms. The van der Waals surface area contributed by atoms with Crippen LogP contribution in [0.3, 0.4) is 0 Å². The van der Waals surface area contributed by atoms with Gasteiger partial charge in [0.2, 0.25) is 0 Å². The zero-order valence-corrected chi connectivity index (χ0v) is 19.5. The molecule has 2 N–H and O–H groups in total. The molecule has 5 heteroatoms. The first-order valence-electron chi connectivity index (χ1n) is 11.0. The normalized spacial score (nSPS) is 14.9. The average Bonchev–Trinajstić information content (AvgIpc) is 2.72. The lowest BCUT2D eigenvalue weighted by molar-refractivity contribution is -0.119. The Morgan fingerprint density at radius 2 is 1.87 bits per heavy atom. The van der Waals surface area contributed by atoms with Crippen LogP contribution in [-0.4, -0.2) is 30.8 Å². The molecule has 1 aliphatic rings. The van der Waals surface area contributed by atoms with E-state index in [2.05, 4.69) is 86.6 Å². The van der Waals surface area contributed by atoms with Crippen LogP contribution in [0.1, 0.15) is 56.4 Å². The molecule has 2 aromatic rings. The van der Waals surface area contributed by atoms with Crippen LogP contribution in [0, 0.1) is 13.8 Å². The van der Waals surface area contributed by atoms with E-state index in [-0.39, 0.29) is 18.0 Å². The standard InChI is InChI=1S/C26H34N4O/c1-7-12-30-24-11-9-21(14-23(24)20(4)15-26(30,5)6)16-28-29-25(31)17-27-22-10-8-18(2)19(3)13-22/h8-11,13-16,27H,7,12,17H2,1-6H3,(H,29,31)/b28-16-. The summed E-state index contributed by atoms with van der Waals surface area (Å²) in [5.41, 5.74) is 10.7. The molecule has 2 aromatic carbocycles.